The fourth-order valence-corrected chi connectivity index (χ4v) is 3.43. The molecule has 130 valence electrons. The van der Waals surface area contributed by atoms with Gasteiger partial charge in [-0.15, -0.1) is 11.3 Å². The van der Waals surface area contributed by atoms with Crippen molar-refractivity contribution in [2.45, 2.75) is 20.3 Å². The van der Waals surface area contributed by atoms with E-state index in [2.05, 4.69) is 15.5 Å². The third kappa shape index (κ3) is 3.88. The lowest BCUT2D eigenvalue weighted by Gasteiger charge is -2.05. The lowest BCUT2D eigenvalue weighted by molar-refractivity contribution is 0.0950. The minimum Gasteiger partial charge on any atom is -0.497 e. The number of aryl methyl sites for hydroxylation is 2. The summed E-state index contributed by atoms with van der Waals surface area (Å²) < 4.78 is 10.3. The van der Waals surface area contributed by atoms with Crippen LogP contribution in [0.25, 0.3) is 10.6 Å². The van der Waals surface area contributed by atoms with Crippen molar-refractivity contribution in [3.63, 3.8) is 0 Å². The average molecular weight is 357 g/mol. The maximum Gasteiger partial charge on any atom is 0.270 e. The van der Waals surface area contributed by atoms with Gasteiger partial charge >= 0.3 is 0 Å². The van der Waals surface area contributed by atoms with Gasteiger partial charge in [0.1, 0.15) is 22.2 Å². The Morgan fingerprint density at radius 1 is 1.28 bits per heavy atom. The molecule has 0 unspecified atom stereocenters. The molecular formula is C18H19N3O3S. The molecule has 2 heterocycles. The van der Waals surface area contributed by atoms with E-state index in [1.165, 1.54) is 11.3 Å². The van der Waals surface area contributed by atoms with Crippen molar-refractivity contribution in [3.05, 3.63) is 52.4 Å². The largest absolute Gasteiger partial charge is 0.497 e. The Labute approximate surface area is 149 Å². The Morgan fingerprint density at radius 2 is 2.04 bits per heavy atom. The number of hydrogen-bond donors (Lipinski definition) is 1. The number of nitrogens with zero attached hydrogens (tertiary/aromatic N) is 2. The molecule has 7 heteroatoms. The molecule has 1 aromatic carbocycles. The van der Waals surface area contributed by atoms with Crippen LogP contribution in [0.15, 0.2) is 34.2 Å². The van der Waals surface area contributed by atoms with Gasteiger partial charge in [0.15, 0.2) is 0 Å². The van der Waals surface area contributed by atoms with Crippen LogP contribution in [0, 0.1) is 13.8 Å². The second-order valence-corrected chi connectivity index (χ2v) is 6.45. The van der Waals surface area contributed by atoms with E-state index in [1.807, 2.05) is 38.1 Å². The second-order valence-electron chi connectivity index (χ2n) is 5.59. The Bertz CT molecular complexity index is 849. The first kappa shape index (κ1) is 17.2. The average Bonchev–Trinajstić information content (AvgIpc) is 3.22. The maximum absolute atomic E-state index is 12.3. The Balaban J connectivity index is 1.58. The van der Waals surface area contributed by atoms with E-state index in [9.17, 15) is 4.79 Å². The van der Waals surface area contributed by atoms with Crippen molar-refractivity contribution >= 4 is 17.2 Å². The minimum atomic E-state index is -0.178. The molecule has 0 radical (unpaired) electrons. The van der Waals surface area contributed by atoms with Gasteiger partial charge in [-0.25, -0.2) is 4.98 Å². The topological polar surface area (TPSA) is 77.2 Å². The molecule has 3 rings (SSSR count). The highest BCUT2D eigenvalue weighted by atomic mass is 32.1. The van der Waals surface area contributed by atoms with Crippen LogP contribution in [0.1, 0.15) is 27.5 Å². The second kappa shape index (κ2) is 7.48. The van der Waals surface area contributed by atoms with Gasteiger partial charge in [-0.3, -0.25) is 4.79 Å². The fraction of sp³-hybridized carbons (Fsp3) is 0.278. The highest BCUT2D eigenvalue weighted by molar-refractivity contribution is 7.13. The first-order chi connectivity index (χ1) is 12.1. The molecule has 6 nitrogen and oxygen atoms in total. The monoisotopic (exact) mass is 357 g/mol. The van der Waals surface area contributed by atoms with Crippen LogP contribution in [-0.4, -0.2) is 29.7 Å². The Kier molecular flexibility index (Phi) is 5.14. The van der Waals surface area contributed by atoms with Crippen molar-refractivity contribution in [1.82, 2.24) is 15.5 Å². The SMILES string of the molecule is COc1ccc(CCNC(=O)c2csc(-c3c(C)noc3C)n2)cc1. The summed E-state index contributed by atoms with van der Waals surface area (Å²) in [6.07, 6.45) is 0.747. The molecule has 0 saturated carbocycles. The number of thiazole rings is 1. The quantitative estimate of drug-likeness (QED) is 0.732. The normalized spacial score (nSPS) is 10.7. The molecule has 2 aromatic heterocycles. The fourth-order valence-electron chi connectivity index (χ4n) is 2.48. The zero-order valence-corrected chi connectivity index (χ0v) is 15.1. The number of amides is 1. The number of carbonyl (C=O) groups excluding carboxylic acids is 1. The third-order valence-electron chi connectivity index (χ3n) is 3.84. The summed E-state index contributed by atoms with van der Waals surface area (Å²) in [6.45, 7) is 4.25. The highest BCUT2D eigenvalue weighted by Gasteiger charge is 2.17. The van der Waals surface area contributed by atoms with Crippen molar-refractivity contribution in [2.75, 3.05) is 13.7 Å². The molecule has 1 N–H and O–H groups in total. The van der Waals surface area contributed by atoms with Gasteiger partial charge in [0.05, 0.1) is 18.4 Å². The molecule has 0 aliphatic rings. The van der Waals surface area contributed by atoms with Crippen LogP contribution in [0.2, 0.25) is 0 Å². The van der Waals surface area contributed by atoms with Gasteiger partial charge in [-0.2, -0.15) is 0 Å². The lowest BCUT2D eigenvalue weighted by Crippen LogP contribution is -2.25. The molecule has 0 spiro atoms. The maximum atomic E-state index is 12.3. The van der Waals surface area contributed by atoms with Gasteiger partial charge in [-0.1, -0.05) is 17.3 Å². The number of carbonyl (C=O) groups is 1. The van der Waals surface area contributed by atoms with Crippen LogP contribution in [-0.2, 0) is 6.42 Å². The van der Waals surface area contributed by atoms with Crippen LogP contribution >= 0.6 is 11.3 Å². The molecule has 0 bridgehead atoms. The number of rotatable bonds is 6. The Morgan fingerprint density at radius 3 is 2.68 bits per heavy atom. The number of nitrogens with one attached hydrogen (secondary N) is 1. The first-order valence-corrected chi connectivity index (χ1v) is 8.76. The minimum absolute atomic E-state index is 0.178. The molecule has 0 atom stereocenters. The molecule has 1 amide bonds. The van der Waals surface area contributed by atoms with Gasteiger partial charge in [0, 0.05) is 11.9 Å². The molecule has 0 saturated heterocycles. The first-order valence-electron chi connectivity index (χ1n) is 7.88. The van der Waals surface area contributed by atoms with Gasteiger partial charge < -0.3 is 14.6 Å². The van der Waals surface area contributed by atoms with Crippen molar-refractivity contribution < 1.29 is 14.1 Å². The predicted octanol–water partition coefficient (Wildman–Crippen LogP) is 3.40. The highest BCUT2D eigenvalue weighted by Crippen LogP contribution is 2.29. The van der Waals surface area contributed by atoms with Gasteiger partial charge in [-0.05, 0) is 38.0 Å². The van der Waals surface area contributed by atoms with E-state index in [0.29, 0.717) is 18.0 Å². The number of aromatic nitrogens is 2. The predicted molar refractivity (Wildman–Crippen MR) is 96.1 cm³/mol. The molecule has 0 aliphatic carbocycles. The summed E-state index contributed by atoms with van der Waals surface area (Å²) in [5.74, 6) is 1.35. The van der Waals surface area contributed by atoms with E-state index in [1.54, 1.807) is 12.5 Å². The van der Waals surface area contributed by atoms with Crippen LogP contribution in [0.3, 0.4) is 0 Å². The zero-order chi connectivity index (χ0) is 17.8. The summed E-state index contributed by atoms with van der Waals surface area (Å²) >= 11 is 1.41. The van der Waals surface area contributed by atoms with Crippen molar-refractivity contribution in [2.24, 2.45) is 0 Å². The smallest absolute Gasteiger partial charge is 0.270 e. The third-order valence-corrected chi connectivity index (χ3v) is 4.70. The van der Waals surface area contributed by atoms with Crippen LogP contribution in [0.4, 0.5) is 0 Å². The molecule has 0 fully saturated rings. The summed E-state index contributed by atoms with van der Waals surface area (Å²) in [6, 6.07) is 7.80. The zero-order valence-electron chi connectivity index (χ0n) is 14.3. The number of ether oxygens (including phenoxy) is 1. The number of methoxy groups -OCH3 is 1. The van der Waals surface area contributed by atoms with E-state index < -0.39 is 0 Å². The number of hydrogen-bond acceptors (Lipinski definition) is 6. The van der Waals surface area contributed by atoms with Gasteiger partial charge in [0.25, 0.3) is 5.91 Å². The van der Waals surface area contributed by atoms with Crippen LogP contribution in [0.5, 0.6) is 5.75 Å². The summed E-state index contributed by atoms with van der Waals surface area (Å²) in [4.78, 5) is 16.7. The summed E-state index contributed by atoms with van der Waals surface area (Å²) in [5, 5.41) is 9.32. The Hall–Kier alpha value is -2.67. The van der Waals surface area contributed by atoms with Crippen LogP contribution < -0.4 is 10.1 Å². The summed E-state index contributed by atoms with van der Waals surface area (Å²) in [7, 11) is 1.64. The standard InChI is InChI=1S/C18H19N3O3S/c1-11-16(12(2)24-21-11)18-20-15(10-25-18)17(22)19-9-8-13-4-6-14(23-3)7-5-13/h4-7,10H,8-9H2,1-3H3,(H,19,22). The van der Waals surface area contributed by atoms with Crippen molar-refractivity contribution in [3.8, 4) is 16.3 Å². The van der Waals surface area contributed by atoms with Gasteiger partial charge in [0.2, 0.25) is 0 Å². The van der Waals surface area contributed by atoms with E-state index >= 15 is 0 Å². The molecule has 0 aliphatic heterocycles. The van der Waals surface area contributed by atoms with Crippen molar-refractivity contribution in [1.29, 1.82) is 0 Å². The molecule has 3 aromatic rings. The van der Waals surface area contributed by atoms with E-state index in [0.717, 1.165) is 34.0 Å². The number of benzene rings is 1. The van der Waals surface area contributed by atoms with E-state index in [-0.39, 0.29) is 5.91 Å². The molecule has 25 heavy (non-hydrogen) atoms. The van der Waals surface area contributed by atoms with E-state index in [4.69, 9.17) is 9.26 Å². The summed E-state index contributed by atoms with van der Waals surface area (Å²) in [5.41, 5.74) is 3.19. The molecular weight excluding hydrogens is 338 g/mol. The lowest BCUT2D eigenvalue weighted by atomic mass is 10.1.